The first-order chi connectivity index (χ1) is 9.04. The number of rotatable bonds is 7. The van der Waals surface area contributed by atoms with Gasteiger partial charge in [0.15, 0.2) is 0 Å². The number of hydrogen-bond donors (Lipinski definition) is 0. The lowest BCUT2D eigenvalue weighted by molar-refractivity contribution is 0.00541. The molecule has 0 atom stereocenters. The standard InChI is InChI=1S/C15H21NO2S/c1-5-19-14-8-6-7-13(12(14)11-16)18-10-9-15(2,3)17-4/h6-8H,5,9-10H2,1-4H3. The number of nitriles is 1. The van der Waals surface area contributed by atoms with Crippen molar-refractivity contribution in [2.24, 2.45) is 0 Å². The molecule has 0 N–H and O–H groups in total. The molecule has 0 amide bonds. The molecule has 0 radical (unpaired) electrons. The SMILES string of the molecule is CCSc1cccc(OCCC(C)(C)OC)c1C#N. The van der Waals surface area contributed by atoms with E-state index in [0.29, 0.717) is 17.9 Å². The van der Waals surface area contributed by atoms with E-state index in [0.717, 1.165) is 17.1 Å². The maximum Gasteiger partial charge on any atom is 0.138 e. The Labute approximate surface area is 119 Å². The first kappa shape index (κ1) is 15.9. The van der Waals surface area contributed by atoms with E-state index < -0.39 is 0 Å². The van der Waals surface area contributed by atoms with Gasteiger partial charge in [-0.2, -0.15) is 5.26 Å². The minimum absolute atomic E-state index is 0.206. The number of benzene rings is 1. The summed E-state index contributed by atoms with van der Waals surface area (Å²) in [6.07, 6.45) is 0.777. The second-order valence-electron chi connectivity index (χ2n) is 4.74. The Bertz CT molecular complexity index is 452. The highest BCUT2D eigenvalue weighted by molar-refractivity contribution is 7.99. The van der Waals surface area contributed by atoms with Crippen molar-refractivity contribution in [1.29, 1.82) is 5.26 Å². The van der Waals surface area contributed by atoms with Crippen molar-refractivity contribution in [1.82, 2.24) is 0 Å². The highest BCUT2D eigenvalue weighted by atomic mass is 32.2. The van der Waals surface area contributed by atoms with Gasteiger partial charge in [0.2, 0.25) is 0 Å². The molecule has 0 heterocycles. The topological polar surface area (TPSA) is 42.2 Å². The van der Waals surface area contributed by atoms with Gasteiger partial charge in [-0.05, 0) is 31.7 Å². The largest absolute Gasteiger partial charge is 0.492 e. The number of methoxy groups -OCH3 is 1. The fraction of sp³-hybridized carbons (Fsp3) is 0.533. The van der Waals surface area contributed by atoms with Gasteiger partial charge >= 0.3 is 0 Å². The zero-order valence-corrected chi connectivity index (χ0v) is 12.8. The Morgan fingerprint density at radius 3 is 2.68 bits per heavy atom. The van der Waals surface area contributed by atoms with Crippen molar-refractivity contribution in [2.75, 3.05) is 19.5 Å². The molecule has 0 bridgehead atoms. The van der Waals surface area contributed by atoms with Gasteiger partial charge in [-0.3, -0.25) is 0 Å². The predicted octanol–water partition coefficient (Wildman–Crippen LogP) is 3.86. The highest BCUT2D eigenvalue weighted by Crippen LogP contribution is 2.29. The second-order valence-corrected chi connectivity index (χ2v) is 6.04. The van der Waals surface area contributed by atoms with E-state index in [4.69, 9.17) is 9.47 Å². The summed E-state index contributed by atoms with van der Waals surface area (Å²) in [4.78, 5) is 0.980. The summed E-state index contributed by atoms with van der Waals surface area (Å²) in [6.45, 7) is 6.64. The van der Waals surface area contributed by atoms with Crippen LogP contribution in [0.15, 0.2) is 23.1 Å². The first-order valence-corrected chi connectivity index (χ1v) is 7.36. The maximum absolute atomic E-state index is 9.26. The normalized spacial score (nSPS) is 11.1. The summed E-state index contributed by atoms with van der Waals surface area (Å²) < 4.78 is 11.1. The molecule has 0 aromatic heterocycles. The molecule has 0 saturated heterocycles. The van der Waals surface area contributed by atoms with Crippen LogP contribution < -0.4 is 4.74 Å². The quantitative estimate of drug-likeness (QED) is 0.711. The lowest BCUT2D eigenvalue weighted by atomic mass is 10.1. The summed E-state index contributed by atoms with van der Waals surface area (Å²) >= 11 is 1.66. The van der Waals surface area contributed by atoms with Crippen LogP contribution in [0.2, 0.25) is 0 Å². The third kappa shape index (κ3) is 4.77. The number of thioether (sulfide) groups is 1. The molecule has 0 spiro atoms. The Kier molecular flexibility index (Phi) is 6.20. The first-order valence-electron chi connectivity index (χ1n) is 6.38. The van der Waals surface area contributed by atoms with E-state index in [1.165, 1.54) is 0 Å². The maximum atomic E-state index is 9.26. The lowest BCUT2D eigenvalue weighted by Gasteiger charge is -2.22. The molecule has 1 rings (SSSR count). The fourth-order valence-corrected chi connectivity index (χ4v) is 2.30. The summed E-state index contributed by atoms with van der Waals surface area (Å²) in [6, 6.07) is 7.96. The van der Waals surface area contributed by atoms with Crippen LogP contribution in [0.1, 0.15) is 32.8 Å². The van der Waals surface area contributed by atoms with Crippen molar-refractivity contribution in [2.45, 2.75) is 37.7 Å². The van der Waals surface area contributed by atoms with Crippen LogP contribution >= 0.6 is 11.8 Å². The summed E-state index contributed by atoms with van der Waals surface area (Å²) in [5.41, 5.74) is 0.423. The summed E-state index contributed by atoms with van der Waals surface area (Å²) in [5, 5.41) is 9.26. The predicted molar refractivity (Wildman–Crippen MR) is 78.8 cm³/mol. The van der Waals surface area contributed by atoms with Crippen molar-refractivity contribution in [3.05, 3.63) is 23.8 Å². The van der Waals surface area contributed by atoms with Gasteiger partial charge in [0, 0.05) is 18.4 Å². The smallest absolute Gasteiger partial charge is 0.138 e. The molecule has 0 aliphatic rings. The van der Waals surface area contributed by atoms with Crippen LogP contribution in [0.4, 0.5) is 0 Å². The van der Waals surface area contributed by atoms with Gasteiger partial charge in [-0.25, -0.2) is 0 Å². The summed E-state index contributed by atoms with van der Waals surface area (Å²) in [5.74, 6) is 1.60. The molecule has 0 aliphatic carbocycles. The minimum Gasteiger partial charge on any atom is -0.492 e. The Balaban J connectivity index is 2.74. The van der Waals surface area contributed by atoms with Crippen molar-refractivity contribution in [3.63, 3.8) is 0 Å². The molecule has 104 valence electrons. The zero-order chi connectivity index (χ0) is 14.3. The average molecular weight is 279 g/mol. The Morgan fingerprint density at radius 2 is 2.11 bits per heavy atom. The van der Waals surface area contributed by atoms with Crippen LogP contribution in [-0.4, -0.2) is 25.1 Å². The molecule has 0 fully saturated rings. The summed E-state index contributed by atoms with van der Waals surface area (Å²) in [7, 11) is 1.69. The van der Waals surface area contributed by atoms with E-state index >= 15 is 0 Å². The monoisotopic (exact) mass is 279 g/mol. The highest BCUT2D eigenvalue weighted by Gasteiger charge is 2.17. The fourth-order valence-electron chi connectivity index (χ4n) is 1.53. The van der Waals surface area contributed by atoms with E-state index in [1.807, 2.05) is 32.0 Å². The van der Waals surface area contributed by atoms with Crippen molar-refractivity contribution >= 4 is 11.8 Å². The van der Waals surface area contributed by atoms with Crippen LogP contribution in [0.3, 0.4) is 0 Å². The number of ether oxygens (including phenoxy) is 2. The number of hydrogen-bond acceptors (Lipinski definition) is 4. The van der Waals surface area contributed by atoms with Crippen LogP contribution in [-0.2, 0) is 4.74 Å². The second kappa shape index (κ2) is 7.42. The molecule has 3 nitrogen and oxygen atoms in total. The van der Waals surface area contributed by atoms with Gasteiger partial charge in [-0.1, -0.05) is 13.0 Å². The third-order valence-corrected chi connectivity index (χ3v) is 3.85. The molecule has 0 saturated carbocycles. The third-order valence-electron chi connectivity index (χ3n) is 2.91. The van der Waals surface area contributed by atoms with E-state index in [2.05, 4.69) is 13.0 Å². The van der Waals surface area contributed by atoms with Gasteiger partial charge in [0.1, 0.15) is 17.4 Å². The molecule has 4 heteroatoms. The zero-order valence-electron chi connectivity index (χ0n) is 12.0. The van der Waals surface area contributed by atoms with E-state index in [-0.39, 0.29) is 5.60 Å². The minimum atomic E-state index is -0.206. The van der Waals surface area contributed by atoms with Gasteiger partial charge in [0.05, 0.1) is 12.2 Å². The molecule has 19 heavy (non-hydrogen) atoms. The lowest BCUT2D eigenvalue weighted by Crippen LogP contribution is -2.25. The van der Waals surface area contributed by atoms with Gasteiger partial charge in [0.25, 0.3) is 0 Å². The molecule has 0 unspecified atom stereocenters. The Morgan fingerprint density at radius 1 is 1.37 bits per heavy atom. The van der Waals surface area contributed by atoms with Crippen LogP contribution in [0, 0.1) is 11.3 Å². The molecule has 1 aromatic rings. The van der Waals surface area contributed by atoms with Crippen LogP contribution in [0.5, 0.6) is 5.75 Å². The van der Waals surface area contributed by atoms with Crippen molar-refractivity contribution < 1.29 is 9.47 Å². The molecular weight excluding hydrogens is 258 g/mol. The molecular formula is C15H21NO2S. The van der Waals surface area contributed by atoms with E-state index in [9.17, 15) is 5.26 Å². The number of nitrogens with zero attached hydrogens (tertiary/aromatic N) is 1. The Hall–Kier alpha value is -1.18. The van der Waals surface area contributed by atoms with Gasteiger partial charge in [-0.15, -0.1) is 11.8 Å². The molecule has 0 aliphatic heterocycles. The average Bonchev–Trinajstić information content (AvgIpc) is 2.39. The van der Waals surface area contributed by atoms with E-state index in [1.54, 1.807) is 18.9 Å². The van der Waals surface area contributed by atoms with Crippen LogP contribution in [0.25, 0.3) is 0 Å². The van der Waals surface area contributed by atoms with Gasteiger partial charge < -0.3 is 9.47 Å². The van der Waals surface area contributed by atoms with Crippen molar-refractivity contribution in [3.8, 4) is 11.8 Å². The molecule has 1 aromatic carbocycles.